The maximum atomic E-state index is 13.8. The van der Waals surface area contributed by atoms with Gasteiger partial charge in [-0.3, -0.25) is 0 Å². The third-order valence-electron chi connectivity index (χ3n) is 2.15. The van der Waals surface area contributed by atoms with Crippen molar-refractivity contribution in [3.63, 3.8) is 0 Å². The van der Waals surface area contributed by atoms with Gasteiger partial charge in [-0.15, -0.1) is 0 Å². The molecule has 2 nitrogen and oxygen atoms in total. The van der Waals surface area contributed by atoms with E-state index in [1.807, 2.05) is 0 Å². The van der Waals surface area contributed by atoms with Gasteiger partial charge in [-0.05, 0) is 55.8 Å². The van der Waals surface area contributed by atoms with Crippen LogP contribution in [0.15, 0.2) is 21.0 Å². The summed E-state index contributed by atoms with van der Waals surface area (Å²) in [5.74, 6) is -1.45. The zero-order chi connectivity index (χ0) is 14.1. The van der Waals surface area contributed by atoms with Crippen molar-refractivity contribution in [1.29, 1.82) is 0 Å². The van der Waals surface area contributed by atoms with E-state index < -0.39 is 27.7 Å². The third kappa shape index (κ3) is 3.52. The number of halogens is 3. The van der Waals surface area contributed by atoms with Crippen LogP contribution in [0.1, 0.15) is 33.3 Å². The second kappa shape index (κ2) is 5.67. The van der Waals surface area contributed by atoms with Gasteiger partial charge in [-0.25, -0.2) is 8.78 Å². The first-order valence-electron chi connectivity index (χ1n) is 5.25. The fourth-order valence-corrected chi connectivity index (χ4v) is 2.11. The molecule has 6 heteroatoms. The molecule has 0 bridgehead atoms. The van der Waals surface area contributed by atoms with Crippen LogP contribution in [0.2, 0.25) is 0 Å². The van der Waals surface area contributed by atoms with Crippen LogP contribution >= 0.6 is 15.9 Å². The van der Waals surface area contributed by atoms with Crippen LogP contribution in [0.3, 0.4) is 0 Å². The van der Waals surface area contributed by atoms with E-state index in [-0.39, 0.29) is 15.7 Å². The van der Waals surface area contributed by atoms with Crippen molar-refractivity contribution in [2.75, 3.05) is 0 Å². The fourth-order valence-electron chi connectivity index (χ4n) is 1.17. The topological polar surface area (TPSA) is 35.4 Å². The van der Waals surface area contributed by atoms with Crippen LogP contribution in [-0.4, -0.2) is 15.0 Å². The summed E-state index contributed by atoms with van der Waals surface area (Å²) >= 11 is 1.43. The molecule has 18 heavy (non-hydrogen) atoms. The molecular formula is C12H14BrF2NOS. The Morgan fingerprint density at radius 3 is 2.39 bits per heavy atom. The smallest absolute Gasteiger partial charge is 0.149 e. The van der Waals surface area contributed by atoms with E-state index >= 15 is 0 Å². The summed E-state index contributed by atoms with van der Waals surface area (Å²) in [4.78, 5) is 0. The molecule has 0 aliphatic heterocycles. The predicted octanol–water partition coefficient (Wildman–Crippen LogP) is 4.00. The average Bonchev–Trinajstić information content (AvgIpc) is 2.22. The summed E-state index contributed by atoms with van der Waals surface area (Å²) in [6.07, 6.45) is 0. The van der Waals surface area contributed by atoms with E-state index in [0.717, 1.165) is 6.07 Å². The van der Waals surface area contributed by atoms with E-state index in [9.17, 15) is 13.3 Å². The standard InChI is InChI=1S/C12H14BrF2NOS/c1-7(16-18(17)12(2,3)4)10-9(14)6-5-8(13)11(10)15/h5-6H,1-4H3/b16-7-. The fraction of sp³-hybridized carbons (Fsp3) is 0.417. The van der Waals surface area contributed by atoms with Gasteiger partial charge in [0.05, 0.1) is 10.0 Å². The van der Waals surface area contributed by atoms with E-state index in [1.165, 1.54) is 13.0 Å². The first-order valence-corrected chi connectivity index (χ1v) is 7.15. The largest absolute Gasteiger partial charge is 0.591 e. The summed E-state index contributed by atoms with van der Waals surface area (Å²) in [6.45, 7) is 6.67. The molecule has 0 aromatic heterocycles. The van der Waals surface area contributed by atoms with Crippen LogP contribution in [0, 0.1) is 11.6 Å². The molecule has 1 rings (SSSR count). The predicted molar refractivity (Wildman–Crippen MR) is 74.2 cm³/mol. The van der Waals surface area contributed by atoms with Crippen LogP contribution < -0.4 is 0 Å². The lowest BCUT2D eigenvalue weighted by Crippen LogP contribution is -2.27. The van der Waals surface area contributed by atoms with Gasteiger partial charge in [0.1, 0.15) is 33.5 Å². The average molecular weight is 338 g/mol. The monoisotopic (exact) mass is 337 g/mol. The van der Waals surface area contributed by atoms with Gasteiger partial charge in [0.15, 0.2) is 0 Å². The van der Waals surface area contributed by atoms with Crippen molar-refractivity contribution in [2.24, 2.45) is 4.40 Å². The molecule has 1 unspecified atom stereocenters. The number of rotatable bonds is 2. The number of hydrogen-bond acceptors (Lipinski definition) is 2. The molecule has 0 fully saturated rings. The Balaban J connectivity index is 3.23. The van der Waals surface area contributed by atoms with Crippen molar-refractivity contribution in [3.8, 4) is 0 Å². The van der Waals surface area contributed by atoms with E-state index in [4.69, 9.17) is 0 Å². The zero-order valence-corrected chi connectivity index (χ0v) is 13.0. The molecule has 0 spiro atoms. The second-order valence-corrected chi connectivity index (χ2v) is 7.52. The van der Waals surface area contributed by atoms with Gasteiger partial charge in [-0.1, -0.05) is 4.40 Å². The molecule has 1 atom stereocenters. The van der Waals surface area contributed by atoms with Gasteiger partial charge in [-0.2, -0.15) is 0 Å². The molecule has 0 radical (unpaired) electrons. The first-order chi connectivity index (χ1) is 8.14. The quantitative estimate of drug-likeness (QED) is 0.456. The normalized spacial score (nSPS) is 14.8. The number of nitrogens with zero attached hydrogens (tertiary/aromatic N) is 1. The number of hydrogen-bond donors (Lipinski definition) is 0. The first kappa shape index (κ1) is 15.6. The Labute approximate surface area is 117 Å². The SMILES string of the molecule is C/C(=N/[S+]([O-])C(C)(C)C)c1c(F)ccc(Br)c1F. The van der Waals surface area contributed by atoms with Gasteiger partial charge < -0.3 is 4.55 Å². The Morgan fingerprint density at radius 2 is 1.89 bits per heavy atom. The Bertz CT molecular complexity index is 486. The molecule has 0 saturated heterocycles. The molecule has 0 aliphatic rings. The molecule has 0 amide bonds. The summed E-state index contributed by atoms with van der Waals surface area (Å²) in [6, 6.07) is 2.42. The molecule has 0 N–H and O–H groups in total. The molecule has 0 heterocycles. The maximum absolute atomic E-state index is 13.8. The maximum Gasteiger partial charge on any atom is 0.149 e. The summed E-state index contributed by atoms with van der Waals surface area (Å²) < 4.78 is 42.7. The van der Waals surface area contributed by atoms with Gasteiger partial charge in [0, 0.05) is 0 Å². The molecular weight excluding hydrogens is 324 g/mol. The highest BCUT2D eigenvalue weighted by Gasteiger charge is 2.28. The highest BCUT2D eigenvalue weighted by Crippen LogP contribution is 2.24. The zero-order valence-electron chi connectivity index (χ0n) is 10.6. The highest BCUT2D eigenvalue weighted by molar-refractivity contribution is 9.10. The van der Waals surface area contributed by atoms with Crippen LogP contribution in [0.5, 0.6) is 0 Å². The molecule has 0 saturated carbocycles. The van der Waals surface area contributed by atoms with E-state index in [0.29, 0.717) is 0 Å². The Morgan fingerprint density at radius 1 is 1.33 bits per heavy atom. The summed E-state index contributed by atoms with van der Waals surface area (Å²) in [5.41, 5.74) is -0.165. The Hall–Kier alpha value is -0.460. The van der Waals surface area contributed by atoms with Crippen molar-refractivity contribution >= 4 is 33.0 Å². The lowest BCUT2D eigenvalue weighted by Gasteiger charge is -2.19. The van der Waals surface area contributed by atoms with Crippen LogP contribution in [-0.2, 0) is 11.4 Å². The summed E-state index contributed by atoms with van der Waals surface area (Å²) in [7, 11) is 0. The summed E-state index contributed by atoms with van der Waals surface area (Å²) in [5, 5.41) is 0. The van der Waals surface area contributed by atoms with E-state index in [1.54, 1.807) is 20.8 Å². The van der Waals surface area contributed by atoms with Gasteiger partial charge in [0.25, 0.3) is 0 Å². The minimum absolute atomic E-state index is 0.0829. The molecule has 1 aromatic rings. The minimum atomic E-state index is -1.55. The van der Waals surface area contributed by atoms with Crippen molar-refractivity contribution < 1.29 is 13.3 Å². The lowest BCUT2D eigenvalue weighted by atomic mass is 10.1. The van der Waals surface area contributed by atoms with Crippen molar-refractivity contribution in [1.82, 2.24) is 0 Å². The number of benzene rings is 1. The van der Waals surface area contributed by atoms with Crippen LogP contribution in [0.25, 0.3) is 0 Å². The molecule has 100 valence electrons. The van der Waals surface area contributed by atoms with E-state index in [2.05, 4.69) is 20.3 Å². The van der Waals surface area contributed by atoms with Crippen molar-refractivity contribution in [3.05, 3.63) is 33.8 Å². The molecule has 1 aromatic carbocycles. The van der Waals surface area contributed by atoms with Crippen LogP contribution in [0.4, 0.5) is 8.78 Å². The van der Waals surface area contributed by atoms with Crippen molar-refractivity contribution in [2.45, 2.75) is 32.4 Å². The van der Waals surface area contributed by atoms with Gasteiger partial charge >= 0.3 is 0 Å². The molecule has 0 aliphatic carbocycles. The third-order valence-corrected chi connectivity index (χ3v) is 4.25. The Kier molecular flexibility index (Phi) is 4.91. The second-order valence-electron chi connectivity index (χ2n) is 4.76. The lowest BCUT2D eigenvalue weighted by molar-refractivity contribution is 0.561. The minimum Gasteiger partial charge on any atom is -0.591 e. The van der Waals surface area contributed by atoms with Gasteiger partial charge in [0.2, 0.25) is 0 Å². The highest BCUT2D eigenvalue weighted by atomic mass is 79.9.